The van der Waals surface area contributed by atoms with E-state index in [-0.39, 0.29) is 5.91 Å². The van der Waals surface area contributed by atoms with Crippen molar-refractivity contribution < 1.29 is 14.0 Å². The van der Waals surface area contributed by atoms with Crippen LogP contribution in [0.15, 0.2) is 52.0 Å². The molecule has 0 saturated carbocycles. The second-order valence-electron chi connectivity index (χ2n) is 8.06. The summed E-state index contributed by atoms with van der Waals surface area (Å²) in [6.45, 7) is 3.67. The quantitative estimate of drug-likeness (QED) is 0.363. The summed E-state index contributed by atoms with van der Waals surface area (Å²) in [5.41, 5.74) is 7.92. The summed E-state index contributed by atoms with van der Waals surface area (Å²) in [7, 11) is 0. The van der Waals surface area contributed by atoms with Gasteiger partial charge in [0.25, 0.3) is 5.91 Å². The molecule has 0 aliphatic heterocycles. The molecule has 10 heteroatoms. The fourth-order valence-electron chi connectivity index (χ4n) is 4.05. The first kappa shape index (κ1) is 22.4. The molecule has 34 heavy (non-hydrogen) atoms. The molecule has 1 aliphatic rings. The first-order valence-corrected chi connectivity index (χ1v) is 12.6. The number of furan rings is 1. The maximum absolute atomic E-state index is 13.1. The molecule has 0 radical (unpaired) electrons. The van der Waals surface area contributed by atoms with Gasteiger partial charge in [0.1, 0.15) is 10.8 Å². The Morgan fingerprint density at radius 2 is 1.97 bits per heavy atom. The fourth-order valence-corrected chi connectivity index (χ4v) is 6.21. The molecule has 1 aliphatic carbocycles. The van der Waals surface area contributed by atoms with Gasteiger partial charge in [-0.05, 0) is 62.9 Å². The number of amides is 2. The maximum Gasteiger partial charge on any atom is 0.251 e. The number of anilines is 1. The van der Waals surface area contributed by atoms with E-state index < -0.39 is 11.2 Å². The van der Waals surface area contributed by atoms with Gasteiger partial charge in [0, 0.05) is 10.6 Å². The zero-order chi connectivity index (χ0) is 23.8. The molecule has 0 saturated heterocycles. The molecule has 3 N–H and O–H groups in total. The number of benzene rings is 1. The van der Waals surface area contributed by atoms with Gasteiger partial charge >= 0.3 is 0 Å². The zero-order valence-corrected chi connectivity index (χ0v) is 20.3. The molecule has 1 aromatic carbocycles. The number of fused-ring (bicyclic) bond motifs is 1. The number of para-hydroxylation sites is 1. The third-order valence-electron chi connectivity index (χ3n) is 5.66. The number of rotatable bonds is 7. The van der Waals surface area contributed by atoms with E-state index >= 15 is 0 Å². The number of hydrogen-bond acceptors (Lipinski definition) is 7. The van der Waals surface area contributed by atoms with Crippen LogP contribution in [0.25, 0.3) is 17.3 Å². The van der Waals surface area contributed by atoms with Gasteiger partial charge < -0.3 is 15.5 Å². The first-order valence-electron chi connectivity index (χ1n) is 10.9. The van der Waals surface area contributed by atoms with Crippen molar-refractivity contribution in [3.63, 3.8) is 0 Å². The average molecular weight is 494 g/mol. The number of nitrogens with two attached hydrogens (primary N) is 1. The Balaban J connectivity index is 1.42. The Kier molecular flexibility index (Phi) is 6.01. The van der Waals surface area contributed by atoms with Crippen LogP contribution in [-0.2, 0) is 17.6 Å². The van der Waals surface area contributed by atoms with Crippen molar-refractivity contribution in [2.45, 2.75) is 43.5 Å². The highest BCUT2D eigenvalue weighted by atomic mass is 32.2. The van der Waals surface area contributed by atoms with Crippen LogP contribution < -0.4 is 11.1 Å². The van der Waals surface area contributed by atoms with Crippen molar-refractivity contribution in [2.75, 3.05) is 5.32 Å². The van der Waals surface area contributed by atoms with E-state index in [4.69, 9.17) is 10.2 Å². The number of thioether (sulfide) groups is 1. The monoisotopic (exact) mass is 493 g/mol. The predicted molar refractivity (Wildman–Crippen MR) is 133 cm³/mol. The van der Waals surface area contributed by atoms with E-state index in [9.17, 15) is 9.59 Å². The predicted octanol–water partition coefficient (Wildman–Crippen LogP) is 4.60. The lowest BCUT2D eigenvalue weighted by atomic mass is 10.1. The Morgan fingerprint density at radius 1 is 1.18 bits per heavy atom. The standard InChI is InChI=1S/C24H23N5O3S2/c1-13-11-12-17(32-13)21-27-28-24(29(21)15-7-4-3-5-8-15)33-14(2)22(31)26-23-19(20(25)30)16-9-6-10-18(16)34-23/h3-5,7-8,11-12,14H,6,9-10H2,1-2H3,(H2,25,30)(H,26,31). The molecule has 1 unspecified atom stereocenters. The van der Waals surface area contributed by atoms with Crippen molar-refractivity contribution in [2.24, 2.45) is 5.73 Å². The lowest BCUT2D eigenvalue weighted by Crippen LogP contribution is -2.24. The summed E-state index contributed by atoms with van der Waals surface area (Å²) in [5.74, 6) is 1.19. The Bertz CT molecular complexity index is 1370. The molecule has 2 amide bonds. The molecule has 0 spiro atoms. The smallest absolute Gasteiger partial charge is 0.251 e. The number of primary amides is 1. The molecule has 3 heterocycles. The molecule has 8 nitrogen and oxygen atoms in total. The molecule has 0 bridgehead atoms. The van der Waals surface area contributed by atoms with Gasteiger partial charge in [0.15, 0.2) is 10.9 Å². The van der Waals surface area contributed by atoms with Gasteiger partial charge in [-0.25, -0.2) is 0 Å². The molecule has 5 rings (SSSR count). The second kappa shape index (κ2) is 9.11. The van der Waals surface area contributed by atoms with Crippen molar-refractivity contribution >= 4 is 39.9 Å². The van der Waals surface area contributed by atoms with E-state index in [0.717, 1.165) is 41.2 Å². The van der Waals surface area contributed by atoms with E-state index in [1.165, 1.54) is 23.1 Å². The van der Waals surface area contributed by atoms with Crippen molar-refractivity contribution in [3.05, 3.63) is 64.2 Å². The van der Waals surface area contributed by atoms with Crippen LogP contribution in [0, 0.1) is 6.92 Å². The van der Waals surface area contributed by atoms with Gasteiger partial charge in [-0.3, -0.25) is 14.2 Å². The number of aromatic nitrogens is 3. The molecule has 3 aromatic heterocycles. The molecule has 0 fully saturated rings. The highest BCUT2D eigenvalue weighted by molar-refractivity contribution is 8.00. The van der Waals surface area contributed by atoms with Crippen LogP contribution >= 0.6 is 23.1 Å². The lowest BCUT2D eigenvalue weighted by Gasteiger charge is -2.13. The first-order chi connectivity index (χ1) is 16.4. The topological polar surface area (TPSA) is 116 Å². The van der Waals surface area contributed by atoms with Gasteiger partial charge in [0.2, 0.25) is 11.7 Å². The van der Waals surface area contributed by atoms with Crippen LogP contribution in [0.5, 0.6) is 0 Å². The van der Waals surface area contributed by atoms with Crippen molar-refractivity contribution in [1.29, 1.82) is 0 Å². The van der Waals surface area contributed by atoms with Crippen LogP contribution in [-0.4, -0.2) is 31.8 Å². The van der Waals surface area contributed by atoms with E-state index in [1.807, 2.05) is 54.0 Å². The lowest BCUT2D eigenvalue weighted by molar-refractivity contribution is -0.115. The fraction of sp³-hybridized carbons (Fsp3) is 0.250. The Morgan fingerprint density at radius 3 is 2.68 bits per heavy atom. The van der Waals surface area contributed by atoms with Gasteiger partial charge in [-0.2, -0.15) is 0 Å². The Hall–Kier alpha value is -3.37. The van der Waals surface area contributed by atoms with Crippen LogP contribution in [0.2, 0.25) is 0 Å². The van der Waals surface area contributed by atoms with Crippen molar-refractivity contribution in [1.82, 2.24) is 14.8 Å². The number of aryl methyl sites for hydroxylation is 2. The number of carbonyl (C=O) groups is 2. The van der Waals surface area contributed by atoms with E-state index in [1.54, 1.807) is 6.92 Å². The summed E-state index contributed by atoms with van der Waals surface area (Å²) < 4.78 is 7.66. The SMILES string of the molecule is Cc1ccc(-c2nnc(SC(C)C(=O)Nc3sc4c(c3C(N)=O)CCC4)n2-c2ccccc2)o1. The number of hydrogen-bond donors (Lipinski definition) is 2. The maximum atomic E-state index is 13.1. The third-order valence-corrected chi connectivity index (χ3v) is 7.91. The normalized spacial score (nSPS) is 13.6. The van der Waals surface area contributed by atoms with Gasteiger partial charge in [-0.1, -0.05) is 30.0 Å². The van der Waals surface area contributed by atoms with Gasteiger partial charge in [-0.15, -0.1) is 21.5 Å². The second-order valence-corrected chi connectivity index (χ2v) is 10.5. The molecular formula is C24H23N5O3S2. The zero-order valence-electron chi connectivity index (χ0n) is 18.7. The molecular weight excluding hydrogens is 470 g/mol. The minimum absolute atomic E-state index is 0.231. The minimum Gasteiger partial charge on any atom is -0.458 e. The summed E-state index contributed by atoms with van der Waals surface area (Å²) in [5, 5.41) is 12.2. The van der Waals surface area contributed by atoms with Crippen LogP contribution in [0.3, 0.4) is 0 Å². The largest absolute Gasteiger partial charge is 0.458 e. The van der Waals surface area contributed by atoms with Crippen molar-refractivity contribution in [3.8, 4) is 17.3 Å². The van der Waals surface area contributed by atoms with Gasteiger partial charge in [0.05, 0.1) is 10.8 Å². The Labute approximate surface area is 204 Å². The number of nitrogens with one attached hydrogen (secondary N) is 1. The summed E-state index contributed by atoms with van der Waals surface area (Å²) in [4.78, 5) is 26.3. The minimum atomic E-state index is -0.504. The van der Waals surface area contributed by atoms with Crippen LogP contribution in [0.4, 0.5) is 5.00 Å². The molecule has 174 valence electrons. The van der Waals surface area contributed by atoms with Crippen LogP contribution in [0.1, 0.15) is 39.9 Å². The average Bonchev–Trinajstić information content (AvgIpc) is 3.58. The van der Waals surface area contributed by atoms with E-state index in [2.05, 4.69) is 15.5 Å². The third kappa shape index (κ3) is 4.14. The summed E-state index contributed by atoms with van der Waals surface area (Å²) in [6, 6.07) is 13.4. The summed E-state index contributed by atoms with van der Waals surface area (Å²) >= 11 is 2.73. The molecule has 4 aromatic rings. The highest BCUT2D eigenvalue weighted by Crippen LogP contribution is 2.39. The number of nitrogens with zero attached hydrogens (tertiary/aromatic N) is 3. The molecule has 1 atom stereocenters. The van der Waals surface area contributed by atoms with E-state index in [0.29, 0.717) is 27.3 Å². The highest BCUT2D eigenvalue weighted by Gasteiger charge is 2.28. The summed E-state index contributed by atoms with van der Waals surface area (Å²) in [6.07, 6.45) is 2.74. The number of carbonyl (C=O) groups excluding carboxylic acids is 2. The number of thiophene rings is 1.